The molecule has 1 atom stereocenters. The van der Waals surface area contributed by atoms with E-state index in [9.17, 15) is 9.59 Å². The van der Waals surface area contributed by atoms with Gasteiger partial charge in [-0.3, -0.25) is 4.79 Å². The summed E-state index contributed by atoms with van der Waals surface area (Å²) in [6, 6.07) is 0.0300. The first kappa shape index (κ1) is 14.2. The molecule has 3 aliphatic rings. The Morgan fingerprint density at radius 1 is 1.26 bits per heavy atom. The molecule has 3 aliphatic carbocycles. The van der Waals surface area contributed by atoms with Crippen LogP contribution in [0.4, 0.5) is 4.79 Å². The van der Waals surface area contributed by atoms with Crippen LogP contribution in [-0.2, 0) is 14.3 Å². The minimum atomic E-state index is -0.613. The molecule has 0 aromatic heterocycles. The smallest absolute Gasteiger partial charge is 0.407 e. The highest BCUT2D eigenvalue weighted by Crippen LogP contribution is 2.52. The van der Waals surface area contributed by atoms with E-state index in [1.165, 1.54) is 7.11 Å². The number of amides is 1. The number of carbonyl (C=O) groups excluding carboxylic acids is 2. The number of esters is 1. The minimum Gasteiger partial charge on any atom is -0.468 e. The van der Waals surface area contributed by atoms with Gasteiger partial charge in [-0.1, -0.05) is 0 Å². The molecule has 1 unspecified atom stereocenters. The van der Waals surface area contributed by atoms with Crippen LogP contribution in [0, 0.1) is 11.3 Å². The average molecular weight is 269 g/mol. The summed E-state index contributed by atoms with van der Waals surface area (Å²) < 4.78 is 10.5. The van der Waals surface area contributed by atoms with Gasteiger partial charge >= 0.3 is 12.1 Å². The van der Waals surface area contributed by atoms with E-state index in [2.05, 4.69) is 5.32 Å². The summed E-state index contributed by atoms with van der Waals surface area (Å²) in [7, 11) is 1.41. The fourth-order valence-corrected chi connectivity index (χ4v) is 3.38. The lowest BCUT2D eigenvalue weighted by molar-refractivity contribution is -0.173. The van der Waals surface area contributed by atoms with Gasteiger partial charge in [0, 0.05) is 6.04 Å². The molecule has 0 heterocycles. The summed E-state index contributed by atoms with van der Waals surface area (Å²) in [6.45, 7) is 3.76. The van der Waals surface area contributed by atoms with Crippen LogP contribution >= 0.6 is 0 Å². The summed E-state index contributed by atoms with van der Waals surface area (Å²) in [6.07, 6.45) is 3.60. The van der Waals surface area contributed by atoms with E-state index in [0.29, 0.717) is 5.92 Å². The molecule has 2 bridgehead atoms. The van der Waals surface area contributed by atoms with Crippen LogP contribution in [0.3, 0.4) is 0 Å². The molecule has 0 aliphatic heterocycles. The van der Waals surface area contributed by atoms with Crippen molar-refractivity contribution in [2.75, 3.05) is 7.11 Å². The van der Waals surface area contributed by atoms with Crippen LogP contribution in [0.25, 0.3) is 0 Å². The monoisotopic (exact) mass is 269 g/mol. The lowest BCUT2D eigenvalue weighted by Crippen LogP contribution is -2.54. The second kappa shape index (κ2) is 5.39. The van der Waals surface area contributed by atoms with Crippen molar-refractivity contribution < 1.29 is 19.1 Å². The van der Waals surface area contributed by atoms with Crippen molar-refractivity contribution in [3.8, 4) is 0 Å². The first-order valence-electron chi connectivity index (χ1n) is 7.03. The van der Waals surface area contributed by atoms with Crippen molar-refractivity contribution in [1.29, 1.82) is 0 Å². The van der Waals surface area contributed by atoms with Crippen LogP contribution in [0.1, 0.15) is 46.0 Å². The Hall–Kier alpha value is -1.26. The molecule has 108 valence electrons. The van der Waals surface area contributed by atoms with Crippen molar-refractivity contribution >= 4 is 12.1 Å². The number of hydrogen-bond acceptors (Lipinski definition) is 4. The Labute approximate surface area is 114 Å². The first-order chi connectivity index (χ1) is 8.98. The van der Waals surface area contributed by atoms with Gasteiger partial charge in [-0.05, 0) is 51.9 Å². The van der Waals surface area contributed by atoms with Crippen LogP contribution in [0.5, 0.6) is 0 Å². The van der Waals surface area contributed by atoms with Crippen LogP contribution in [-0.4, -0.2) is 31.3 Å². The molecule has 3 rings (SSSR count). The van der Waals surface area contributed by atoms with E-state index >= 15 is 0 Å². The van der Waals surface area contributed by atoms with Gasteiger partial charge in [0.2, 0.25) is 0 Å². The minimum absolute atomic E-state index is 0.0300. The van der Waals surface area contributed by atoms with Crippen LogP contribution in [0.2, 0.25) is 0 Å². The fraction of sp³-hybridized carbons (Fsp3) is 0.857. The molecule has 0 saturated heterocycles. The van der Waals surface area contributed by atoms with Gasteiger partial charge < -0.3 is 14.8 Å². The number of methoxy groups -OCH3 is 1. The average Bonchev–Trinajstić information content (AvgIpc) is 2.38. The maximum Gasteiger partial charge on any atom is 0.407 e. The maximum absolute atomic E-state index is 12.1. The number of rotatable bonds is 3. The number of fused-ring (bicyclic) bond motifs is 3. The molecule has 3 saturated carbocycles. The maximum atomic E-state index is 12.1. The summed E-state index contributed by atoms with van der Waals surface area (Å²) in [4.78, 5) is 23.9. The SMILES string of the molecule is COC(=O)C12CCC(CC1)CC2OC(=O)NC(C)C. The molecular formula is C14H23NO4. The predicted octanol–water partition coefficient (Wildman–Crippen LogP) is 2.24. The predicted molar refractivity (Wildman–Crippen MR) is 69.6 cm³/mol. The van der Waals surface area contributed by atoms with Gasteiger partial charge in [-0.2, -0.15) is 0 Å². The molecule has 3 fully saturated rings. The molecular weight excluding hydrogens is 246 g/mol. The zero-order chi connectivity index (χ0) is 14.0. The standard InChI is InChI=1S/C14H23NO4/c1-9(2)15-13(17)19-11-8-10-4-6-14(11,7-5-10)12(16)18-3/h9-11H,4-8H2,1-3H3,(H,15,17). The fourth-order valence-electron chi connectivity index (χ4n) is 3.38. The molecule has 5 nitrogen and oxygen atoms in total. The van der Waals surface area contributed by atoms with E-state index in [1.807, 2.05) is 13.8 Å². The molecule has 1 N–H and O–H groups in total. The largest absolute Gasteiger partial charge is 0.468 e. The van der Waals surface area contributed by atoms with Gasteiger partial charge in [-0.25, -0.2) is 4.79 Å². The molecule has 19 heavy (non-hydrogen) atoms. The highest BCUT2D eigenvalue weighted by molar-refractivity contribution is 5.79. The Bertz CT molecular complexity index is 358. The summed E-state index contributed by atoms with van der Waals surface area (Å²) in [5, 5.41) is 2.71. The third kappa shape index (κ3) is 2.69. The molecule has 0 spiro atoms. The Morgan fingerprint density at radius 3 is 2.42 bits per heavy atom. The molecule has 0 aromatic carbocycles. The number of hydrogen-bond donors (Lipinski definition) is 1. The topological polar surface area (TPSA) is 64.6 Å². The first-order valence-corrected chi connectivity index (χ1v) is 7.03. The highest BCUT2D eigenvalue weighted by atomic mass is 16.6. The normalized spacial score (nSPS) is 33.1. The van der Waals surface area contributed by atoms with Gasteiger partial charge in [0.25, 0.3) is 0 Å². The van der Waals surface area contributed by atoms with Crippen LogP contribution in [0.15, 0.2) is 0 Å². The molecule has 0 aromatic rings. The van der Waals surface area contributed by atoms with E-state index in [-0.39, 0.29) is 18.1 Å². The molecule has 0 radical (unpaired) electrons. The third-order valence-corrected chi connectivity index (χ3v) is 4.41. The molecule has 1 amide bonds. The summed E-state index contributed by atoms with van der Waals surface area (Å²) in [5.74, 6) is 0.344. The quantitative estimate of drug-likeness (QED) is 0.798. The van der Waals surface area contributed by atoms with Gasteiger partial charge in [-0.15, -0.1) is 0 Å². The number of nitrogens with one attached hydrogen (secondary N) is 1. The Balaban J connectivity index is 2.09. The highest BCUT2D eigenvalue weighted by Gasteiger charge is 2.55. The Kier molecular flexibility index (Phi) is 4.02. The summed E-state index contributed by atoms with van der Waals surface area (Å²) in [5.41, 5.74) is -0.613. The van der Waals surface area contributed by atoms with E-state index in [1.54, 1.807) is 0 Å². The van der Waals surface area contributed by atoms with Gasteiger partial charge in [0.05, 0.1) is 7.11 Å². The zero-order valence-corrected chi connectivity index (χ0v) is 11.9. The van der Waals surface area contributed by atoms with Crippen LogP contribution < -0.4 is 5.32 Å². The summed E-state index contributed by atoms with van der Waals surface area (Å²) >= 11 is 0. The number of carbonyl (C=O) groups is 2. The van der Waals surface area contributed by atoms with Crippen molar-refractivity contribution in [1.82, 2.24) is 5.32 Å². The van der Waals surface area contributed by atoms with Gasteiger partial charge in [0.1, 0.15) is 11.5 Å². The second-order valence-corrected chi connectivity index (χ2v) is 6.02. The third-order valence-electron chi connectivity index (χ3n) is 4.41. The lowest BCUT2D eigenvalue weighted by atomic mass is 9.59. The van der Waals surface area contributed by atoms with Crippen molar-refractivity contribution in [2.24, 2.45) is 11.3 Å². The second-order valence-electron chi connectivity index (χ2n) is 6.02. The van der Waals surface area contributed by atoms with Crippen molar-refractivity contribution in [3.63, 3.8) is 0 Å². The number of ether oxygens (including phenoxy) is 2. The van der Waals surface area contributed by atoms with E-state index in [4.69, 9.17) is 9.47 Å². The zero-order valence-electron chi connectivity index (χ0n) is 11.9. The Morgan fingerprint density at radius 2 is 1.89 bits per heavy atom. The lowest BCUT2D eigenvalue weighted by Gasteiger charge is -2.48. The van der Waals surface area contributed by atoms with Crippen molar-refractivity contribution in [2.45, 2.75) is 58.1 Å². The van der Waals surface area contributed by atoms with Crippen molar-refractivity contribution in [3.05, 3.63) is 0 Å². The molecule has 5 heteroatoms. The van der Waals surface area contributed by atoms with E-state index in [0.717, 1.165) is 32.1 Å². The van der Waals surface area contributed by atoms with Gasteiger partial charge in [0.15, 0.2) is 0 Å². The number of alkyl carbamates (subject to hydrolysis) is 1. The van der Waals surface area contributed by atoms with E-state index < -0.39 is 11.5 Å².